The Balaban J connectivity index is 1.39. The minimum Gasteiger partial charge on any atom is -0.373 e. The zero-order valence-electron chi connectivity index (χ0n) is 16.0. The van der Waals surface area contributed by atoms with E-state index in [0.717, 1.165) is 37.3 Å². The molecule has 0 radical (unpaired) electrons. The molecule has 0 saturated carbocycles. The Hall–Kier alpha value is -2.44. The van der Waals surface area contributed by atoms with E-state index in [4.69, 9.17) is 4.74 Å². The van der Waals surface area contributed by atoms with Gasteiger partial charge in [0.25, 0.3) is 0 Å². The Bertz CT molecular complexity index is 747. The van der Waals surface area contributed by atoms with E-state index in [1.807, 2.05) is 36.5 Å². The molecule has 2 unspecified atom stereocenters. The Kier molecular flexibility index (Phi) is 6.79. The van der Waals surface area contributed by atoms with E-state index in [-0.39, 0.29) is 18.1 Å². The lowest BCUT2D eigenvalue weighted by atomic mass is 10.2. The number of nitrogens with one attached hydrogen (secondary N) is 1. The highest BCUT2D eigenvalue weighted by Gasteiger charge is 2.21. The molecule has 1 N–H and O–H groups in total. The molecule has 27 heavy (non-hydrogen) atoms. The Morgan fingerprint density at radius 1 is 1.26 bits per heavy atom. The summed E-state index contributed by atoms with van der Waals surface area (Å²) in [7, 11) is 0. The maximum atomic E-state index is 12.0. The highest BCUT2D eigenvalue weighted by atomic mass is 16.5. The van der Waals surface area contributed by atoms with Crippen LogP contribution in [0, 0.1) is 0 Å². The minimum atomic E-state index is -0.0776. The van der Waals surface area contributed by atoms with E-state index in [2.05, 4.69) is 29.2 Å². The predicted molar refractivity (Wildman–Crippen MR) is 107 cm³/mol. The molecule has 0 spiro atoms. The fraction of sp³-hybridized carbons (Fsp3) is 0.429. The third-order valence-electron chi connectivity index (χ3n) is 4.50. The van der Waals surface area contributed by atoms with Crippen LogP contribution in [0.2, 0.25) is 0 Å². The standard InChI is InChI=1S/C21H28N4O2/c1-17-14-24(15-18(2)27-17)12-6-11-22-21(26)10-9-19-13-23-25(16-19)20-7-4-3-5-8-20/h3-5,7-10,13,16-18H,6,11-12,14-15H2,1-2H3,(H,22,26)/b10-9+. The van der Waals surface area contributed by atoms with Crippen LogP contribution in [-0.4, -0.2) is 59.0 Å². The van der Waals surface area contributed by atoms with Gasteiger partial charge in [0.1, 0.15) is 0 Å². The monoisotopic (exact) mass is 368 g/mol. The minimum absolute atomic E-state index is 0.0776. The second-order valence-corrected chi connectivity index (χ2v) is 7.05. The van der Waals surface area contributed by atoms with Crippen LogP contribution in [0.15, 0.2) is 48.8 Å². The summed E-state index contributed by atoms with van der Waals surface area (Å²) in [4.78, 5) is 14.4. The van der Waals surface area contributed by atoms with Crippen LogP contribution >= 0.6 is 0 Å². The normalized spacial score (nSPS) is 20.8. The molecular formula is C21H28N4O2. The lowest BCUT2D eigenvalue weighted by Crippen LogP contribution is -2.46. The van der Waals surface area contributed by atoms with Gasteiger partial charge in [-0.25, -0.2) is 4.68 Å². The maximum absolute atomic E-state index is 12.0. The molecule has 2 heterocycles. The zero-order valence-corrected chi connectivity index (χ0v) is 16.0. The molecule has 144 valence electrons. The van der Waals surface area contributed by atoms with Crippen molar-refractivity contribution in [1.29, 1.82) is 0 Å². The molecule has 1 aliphatic rings. The highest BCUT2D eigenvalue weighted by molar-refractivity contribution is 5.91. The topological polar surface area (TPSA) is 59.4 Å². The number of benzene rings is 1. The number of hydrogen-bond acceptors (Lipinski definition) is 4. The first-order valence-electron chi connectivity index (χ1n) is 9.54. The Morgan fingerprint density at radius 2 is 2.00 bits per heavy atom. The summed E-state index contributed by atoms with van der Waals surface area (Å²) in [6, 6.07) is 9.89. The first-order valence-corrected chi connectivity index (χ1v) is 9.54. The van der Waals surface area contributed by atoms with Crippen LogP contribution in [0.3, 0.4) is 0 Å². The van der Waals surface area contributed by atoms with Gasteiger partial charge in [0.15, 0.2) is 0 Å². The Labute approximate surface area is 160 Å². The number of nitrogens with zero attached hydrogens (tertiary/aromatic N) is 3. The molecule has 1 aromatic heterocycles. The van der Waals surface area contributed by atoms with Crippen molar-refractivity contribution in [2.45, 2.75) is 32.5 Å². The van der Waals surface area contributed by atoms with Crippen molar-refractivity contribution in [2.75, 3.05) is 26.2 Å². The lowest BCUT2D eigenvalue weighted by Gasteiger charge is -2.35. The van der Waals surface area contributed by atoms with Crippen LogP contribution in [0.5, 0.6) is 0 Å². The molecule has 6 heteroatoms. The van der Waals surface area contributed by atoms with Crippen molar-refractivity contribution in [2.24, 2.45) is 0 Å². The third kappa shape index (κ3) is 6.05. The summed E-state index contributed by atoms with van der Waals surface area (Å²) < 4.78 is 7.53. The first kappa shape index (κ1) is 19.3. The fourth-order valence-corrected chi connectivity index (χ4v) is 3.36. The molecule has 1 fully saturated rings. The van der Waals surface area contributed by atoms with E-state index in [9.17, 15) is 4.79 Å². The van der Waals surface area contributed by atoms with Gasteiger partial charge in [0.05, 0.1) is 24.1 Å². The largest absolute Gasteiger partial charge is 0.373 e. The Morgan fingerprint density at radius 3 is 2.74 bits per heavy atom. The first-order chi connectivity index (χ1) is 13.1. The summed E-state index contributed by atoms with van der Waals surface area (Å²) in [6.45, 7) is 7.79. The SMILES string of the molecule is CC1CN(CCCNC(=O)/C=C/c2cnn(-c3ccccc3)c2)CC(C)O1. The van der Waals surface area contributed by atoms with Crippen molar-refractivity contribution < 1.29 is 9.53 Å². The summed E-state index contributed by atoms with van der Waals surface area (Å²) in [5.74, 6) is -0.0776. The van der Waals surface area contributed by atoms with Crippen molar-refractivity contribution >= 4 is 12.0 Å². The average Bonchev–Trinajstić information content (AvgIpc) is 3.13. The van der Waals surface area contributed by atoms with Crippen LogP contribution in [0.1, 0.15) is 25.8 Å². The number of carbonyl (C=O) groups excluding carboxylic acids is 1. The van der Waals surface area contributed by atoms with Crippen LogP contribution in [0.4, 0.5) is 0 Å². The number of carbonyl (C=O) groups is 1. The molecule has 2 aromatic rings. The fourth-order valence-electron chi connectivity index (χ4n) is 3.36. The van der Waals surface area contributed by atoms with Crippen LogP contribution in [-0.2, 0) is 9.53 Å². The van der Waals surface area contributed by atoms with Gasteiger partial charge in [-0.3, -0.25) is 9.69 Å². The number of amides is 1. The van der Waals surface area contributed by atoms with E-state index >= 15 is 0 Å². The van der Waals surface area contributed by atoms with Crippen LogP contribution in [0.25, 0.3) is 11.8 Å². The molecule has 0 bridgehead atoms. The van der Waals surface area contributed by atoms with Gasteiger partial charge < -0.3 is 10.1 Å². The summed E-state index contributed by atoms with van der Waals surface area (Å²) in [5, 5.41) is 7.26. The van der Waals surface area contributed by atoms with E-state index in [1.54, 1.807) is 23.0 Å². The van der Waals surface area contributed by atoms with Gasteiger partial charge in [-0.2, -0.15) is 5.10 Å². The molecule has 0 aliphatic carbocycles. The van der Waals surface area contributed by atoms with Gasteiger partial charge in [-0.15, -0.1) is 0 Å². The van der Waals surface area contributed by atoms with Crippen molar-refractivity contribution in [1.82, 2.24) is 20.0 Å². The molecule has 1 aliphatic heterocycles. The third-order valence-corrected chi connectivity index (χ3v) is 4.50. The van der Waals surface area contributed by atoms with Crippen molar-refractivity contribution in [3.8, 4) is 5.69 Å². The maximum Gasteiger partial charge on any atom is 0.244 e. The smallest absolute Gasteiger partial charge is 0.244 e. The average molecular weight is 368 g/mol. The number of rotatable bonds is 7. The summed E-state index contributed by atoms with van der Waals surface area (Å²) >= 11 is 0. The number of morpholine rings is 1. The van der Waals surface area contributed by atoms with Crippen LogP contribution < -0.4 is 5.32 Å². The second-order valence-electron chi connectivity index (χ2n) is 7.05. The quantitative estimate of drug-likeness (QED) is 0.603. The molecule has 3 rings (SSSR count). The highest BCUT2D eigenvalue weighted by Crippen LogP contribution is 2.11. The lowest BCUT2D eigenvalue weighted by molar-refractivity contribution is -0.116. The van der Waals surface area contributed by atoms with E-state index < -0.39 is 0 Å². The predicted octanol–water partition coefficient (Wildman–Crippen LogP) is 2.50. The van der Waals surface area contributed by atoms with E-state index in [0.29, 0.717) is 6.54 Å². The second kappa shape index (κ2) is 9.48. The van der Waals surface area contributed by atoms with Gasteiger partial charge in [0.2, 0.25) is 5.91 Å². The number of hydrogen-bond donors (Lipinski definition) is 1. The zero-order chi connectivity index (χ0) is 19.1. The number of ether oxygens (including phenoxy) is 1. The van der Waals surface area contributed by atoms with Gasteiger partial charge >= 0.3 is 0 Å². The van der Waals surface area contributed by atoms with E-state index in [1.165, 1.54) is 0 Å². The van der Waals surface area contributed by atoms with Gasteiger partial charge in [-0.1, -0.05) is 18.2 Å². The van der Waals surface area contributed by atoms with Crippen molar-refractivity contribution in [3.63, 3.8) is 0 Å². The summed E-state index contributed by atoms with van der Waals surface area (Å²) in [5.41, 5.74) is 1.89. The molecule has 1 aromatic carbocycles. The molecule has 1 amide bonds. The molecule has 1 saturated heterocycles. The number of para-hydroxylation sites is 1. The molecule has 2 atom stereocenters. The van der Waals surface area contributed by atoms with Crippen molar-refractivity contribution in [3.05, 3.63) is 54.4 Å². The van der Waals surface area contributed by atoms with Gasteiger partial charge in [-0.05, 0) is 38.5 Å². The summed E-state index contributed by atoms with van der Waals surface area (Å²) in [6.07, 6.45) is 8.49. The molecule has 6 nitrogen and oxygen atoms in total. The molecular weight excluding hydrogens is 340 g/mol. The van der Waals surface area contributed by atoms with Gasteiger partial charge in [0, 0.05) is 44.0 Å². The number of aromatic nitrogens is 2.